The van der Waals surface area contributed by atoms with Crippen LogP contribution in [0, 0.1) is 18.6 Å². The van der Waals surface area contributed by atoms with Crippen molar-refractivity contribution in [2.24, 2.45) is 0 Å². The summed E-state index contributed by atoms with van der Waals surface area (Å²) in [6, 6.07) is 5.50. The lowest BCUT2D eigenvalue weighted by atomic mass is 9.99. The minimum absolute atomic E-state index is 0.192. The second kappa shape index (κ2) is 6.78. The Hall–Kier alpha value is -0.780. The van der Waals surface area contributed by atoms with Crippen molar-refractivity contribution < 1.29 is 8.78 Å². The molecule has 0 aliphatic heterocycles. The van der Waals surface area contributed by atoms with Crippen molar-refractivity contribution in [2.75, 3.05) is 6.54 Å². The molecule has 1 aromatic carbocycles. The molecule has 1 nitrogen and oxygen atoms in total. The molecule has 5 heteroatoms. The first-order valence-electron chi connectivity index (χ1n) is 6.46. The highest BCUT2D eigenvalue weighted by molar-refractivity contribution is 9.11. The number of halogens is 3. The van der Waals surface area contributed by atoms with Crippen molar-refractivity contribution in [2.45, 2.75) is 26.3 Å². The number of aryl methyl sites for hydroxylation is 1. The van der Waals surface area contributed by atoms with Gasteiger partial charge in [0, 0.05) is 10.9 Å². The smallest absolute Gasteiger partial charge is 0.126 e. The summed E-state index contributed by atoms with van der Waals surface area (Å²) in [5, 5.41) is 3.36. The topological polar surface area (TPSA) is 12.0 Å². The summed E-state index contributed by atoms with van der Waals surface area (Å²) in [6.07, 6.45) is 0.957. The fraction of sp³-hybridized carbons (Fsp3) is 0.333. The SMILES string of the molecule is CCCNC(c1cc(F)cc(F)c1)c1cc(Br)sc1C. The second-order valence-electron chi connectivity index (χ2n) is 4.65. The zero-order valence-corrected chi connectivity index (χ0v) is 13.7. The lowest BCUT2D eigenvalue weighted by Gasteiger charge is -2.19. The van der Waals surface area contributed by atoms with E-state index >= 15 is 0 Å². The summed E-state index contributed by atoms with van der Waals surface area (Å²) in [7, 11) is 0. The van der Waals surface area contributed by atoms with Crippen molar-refractivity contribution in [1.29, 1.82) is 0 Å². The van der Waals surface area contributed by atoms with Gasteiger partial charge in [-0.1, -0.05) is 6.92 Å². The van der Waals surface area contributed by atoms with Crippen LogP contribution in [-0.2, 0) is 0 Å². The van der Waals surface area contributed by atoms with E-state index in [0.29, 0.717) is 5.56 Å². The zero-order chi connectivity index (χ0) is 14.7. The van der Waals surface area contributed by atoms with Gasteiger partial charge in [-0.15, -0.1) is 11.3 Å². The van der Waals surface area contributed by atoms with Gasteiger partial charge in [-0.25, -0.2) is 8.78 Å². The van der Waals surface area contributed by atoms with Crippen molar-refractivity contribution in [3.8, 4) is 0 Å². The van der Waals surface area contributed by atoms with Gasteiger partial charge in [0.15, 0.2) is 0 Å². The van der Waals surface area contributed by atoms with Crippen LogP contribution >= 0.6 is 27.3 Å². The zero-order valence-electron chi connectivity index (χ0n) is 11.3. The summed E-state index contributed by atoms with van der Waals surface area (Å²) < 4.78 is 27.9. The highest BCUT2D eigenvalue weighted by Crippen LogP contribution is 2.34. The van der Waals surface area contributed by atoms with Gasteiger partial charge in [0.25, 0.3) is 0 Å². The Balaban J connectivity index is 2.43. The normalized spacial score (nSPS) is 12.7. The van der Waals surface area contributed by atoms with Gasteiger partial charge >= 0.3 is 0 Å². The van der Waals surface area contributed by atoms with E-state index in [9.17, 15) is 8.78 Å². The first kappa shape index (κ1) is 15.6. The summed E-state index contributed by atoms with van der Waals surface area (Å²) in [4.78, 5) is 1.13. The Labute approximate surface area is 130 Å². The molecule has 0 aliphatic rings. The predicted molar refractivity (Wildman–Crippen MR) is 83.3 cm³/mol. The molecule has 0 saturated carbocycles. The van der Waals surface area contributed by atoms with Crippen LogP contribution in [0.3, 0.4) is 0 Å². The van der Waals surface area contributed by atoms with Crippen LogP contribution in [0.5, 0.6) is 0 Å². The lowest BCUT2D eigenvalue weighted by molar-refractivity contribution is 0.558. The molecule has 0 saturated heterocycles. The lowest BCUT2D eigenvalue weighted by Crippen LogP contribution is -2.23. The minimum atomic E-state index is -0.546. The van der Waals surface area contributed by atoms with Crippen LogP contribution in [0.4, 0.5) is 8.78 Å². The van der Waals surface area contributed by atoms with Crippen LogP contribution < -0.4 is 5.32 Å². The summed E-state index contributed by atoms with van der Waals surface area (Å²) >= 11 is 5.09. The van der Waals surface area contributed by atoms with Gasteiger partial charge in [0.05, 0.1) is 9.83 Å². The fourth-order valence-electron chi connectivity index (χ4n) is 2.18. The molecule has 0 radical (unpaired) electrons. The molecule has 0 aliphatic carbocycles. The number of hydrogen-bond donors (Lipinski definition) is 1. The Morgan fingerprint density at radius 1 is 1.20 bits per heavy atom. The minimum Gasteiger partial charge on any atom is -0.306 e. The fourth-order valence-corrected chi connectivity index (χ4v) is 3.93. The molecular weight excluding hydrogens is 344 g/mol. The van der Waals surface area contributed by atoms with E-state index in [4.69, 9.17) is 0 Å². The van der Waals surface area contributed by atoms with Gasteiger partial charge < -0.3 is 5.32 Å². The summed E-state index contributed by atoms with van der Waals surface area (Å²) in [6.45, 7) is 4.86. The molecular formula is C15H16BrF2NS. The van der Waals surface area contributed by atoms with Gasteiger partial charge in [0.1, 0.15) is 11.6 Å². The van der Waals surface area contributed by atoms with Crippen LogP contribution in [0.2, 0.25) is 0 Å². The Morgan fingerprint density at radius 2 is 1.85 bits per heavy atom. The highest BCUT2D eigenvalue weighted by atomic mass is 79.9. The highest BCUT2D eigenvalue weighted by Gasteiger charge is 2.19. The van der Waals surface area contributed by atoms with Gasteiger partial charge in [0.2, 0.25) is 0 Å². The van der Waals surface area contributed by atoms with Crippen LogP contribution in [0.25, 0.3) is 0 Å². The molecule has 1 heterocycles. The molecule has 1 atom stereocenters. The van der Waals surface area contributed by atoms with Gasteiger partial charge in [-0.3, -0.25) is 0 Å². The van der Waals surface area contributed by atoms with Crippen molar-refractivity contribution in [3.05, 3.63) is 55.7 Å². The van der Waals surface area contributed by atoms with Crippen molar-refractivity contribution in [3.63, 3.8) is 0 Å². The Kier molecular flexibility index (Phi) is 5.29. The average molecular weight is 360 g/mol. The van der Waals surface area contributed by atoms with E-state index in [1.54, 1.807) is 11.3 Å². The van der Waals surface area contributed by atoms with Gasteiger partial charge in [-0.05, 0) is 65.1 Å². The number of hydrogen-bond acceptors (Lipinski definition) is 2. The average Bonchev–Trinajstić information content (AvgIpc) is 2.68. The largest absolute Gasteiger partial charge is 0.306 e. The number of rotatable bonds is 5. The Bertz CT molecular complexity index is 577. The monoisotopic (exact) mass is 359 g/mol. The van der Waals surface area contributed by atoms with Crippen LogP contribution in [-0.4, -0.2) is 6.54 Å². The summed E-state index contributed by atoms with van der Waals surface area (Å²) in [5.74, 6) is -1.09. The molecule has 1 unspecified atom stereocenters. The third-order valence-electron chi connectivity index (χ3n) is 3.05. The maximum absolute atomic E-state index is 13.5. The quantitative estimate of drug-likeness (QED) is 0.774. The van der Waals surface area contributed by atoms with Gasteiger partial charge in [-0.2, -0.15) is 0 Å². The third-order valence-corrected chi connectivity index (χ3v) is 4.62. The maximum Gasteiger partial charge on any atom is 0.126 e. The number of benzene rings is 1. The summed E-state index contributed by atoms with van der Waals surface area (Å²) in [5.41, 5.74) is 1.67. The van der Waals surface area contributed by atoms with Crippen LogP contribution in [0.1, 0.15) is 35.4 Å². The van der Waals surface area contributed by atoms with E-state index in [1.165, 1.54) is 12.1 Å². The van der Waals surface area contributed by atoms with E-state index in [1.807, 2.05) is 13.0 Å². The molecule has 0 bridgehead atoms. The molecule has 2 aromatic rings. The molecule has 1 aromatic heterocycles. The second-order valence-corrected chi connectivity index (χ2v) is 7.29. The first-order valence-corrected chi connectivity index (χ1v) is 8.07. The van der Waals surface area contributed by atoms with E-state index in [-0.39, 0.29) is 6.04 Å². The van der Waals surface area contributed by atoms with E-state index < -0.39 is 11.6 Å². The van der Waals surface area contributed by atoms with Crippen molar-refractivity contribution >= 4 is 27.3 Å². The first-order chi connectivity index (χ1) is 9.51. The molecule has 1 N–H and O–H groups in total. The molecule has 108 valence electrons. The molecule has 0 spiro atoms. The Morgan fingerprint density at radius 3 is 2.35 bits per heavy atom. The number of thiophene rings is 1. The van der Waals surface area contributed by atoms with E-state index in [2.05, 4.69) is 28.2 Å². The molecule has 20 heavy (non-hydrogen) atoms. The van der Waals surface area contributed by atoms with Crippen LogP contribution in [0.15, 0.2) is 28.1 Å². The molecule has 2 rings (SSSR count). The molecule has 0 amide bonds. The van der Waals surface area contributed by atoms with Crippen molar-refractivity contribution in [1.82, 2.24) is 5.32 Å². The molecule has 0 fully saturated rings. The standard InChI is InChI=1S/C15H16BrF2NS/c1-3-4-19-15(13-8-14(16)20-9(13)2)10-5-11(17)7-12(18)6-10/h5-8,15,19H,3-4H2,1-2H3. The maximum atomic E-state index is 13.5. The predicted octanol–water partition coefficient (Wildman–Crippen LogP) is 5.19. The third kappa shape index (κ3) is 3.65. The number of nitrogens with one attached hydrogen (secondary N) is 1. The van der Waals surface area contributed by atoms with E-state index in [0.717, 1.165) is 33.3 Å².